The molecule has 2 aromatic heterocycles. The summed E-state index contributed by atoms with van der Waals surface area (Å²) in [6.45, 7) is 1.19. The molecule has 2 aliphatic heterocycles. The van der Waals surface area contributed by atoms with Crippen LogP contribution in [0.5, 0.6) is 17.5 Å². The number of hydrogen-bond acceptors (Lipinski definition) is 6. The number of pyridine rings is 1. The summed E-state index contributed by atoms with van der Waals surface area (Å²) >= 11 is 6.54. The Labute approximate surface area is 189 Å². The molecule has 162 valence electrons. The van der Waals surface area contributed by atoms with Gasteiger partial charge in [-0.15, -0.1) is 0 Å². The van der Waals surface area contributed by atoms with E-state index in [0.29, 0.717) is 41.1 Å². The maximum absolute atomic E-state index is 6.54. The predicted octanol–water partition coefficient (Wildman–Crippen LogP) is 5.01. The molecule has 2 saturated heterocycles. The lowest BCUT2D eigenvalue weighted by molar-refractivity contribution is 0.0273. The van der Waals surface area contributed by atoms with Crippen molar-refractivity contribution in [1.29, 1.82) is 0 Å². The monoisotopic (exact) mass is 449 g/mol. The van der Waals surface area contributed by atoms with Crippen LogP contribution in [0.25, 0.3) is 22.4 Å². The van der Waals surface area contributed by atoms with Gasteiger partial charge in [-0.05, 0) is 48.9 Å². The van der Waals surface area contributed by atoms with Gasteiger partial charge >= 0.3 is 0 Å². The van der Waals surface area contributed by atoms with Crippen molar-refractivity contribution in [1.82, 2.24) is 15.0 Å². The summed E-state index contributed by atoms with van der Waals surface area (Å²) < 4.78 is 23.4. The number of nitrogens with one attached hydrogen (secondary N) is 1. The number of para-hydroxylation sites is 1. The van der Waals surface area contributed by atoms with Crippen molar-refractivity contribution in [3.63, 3.8) is 0 Å². The Kier molecular flexibility index (Phi) is 4.94. The van der Waals surface area contributed by atoms with Gasteiger partial charge in [0.2, 0.25) is 0 Å². The summed E-state index contributed by atoms with van der Waals surface area (Å²) in [5, 5.41) is 0.521. The van der Waals surface area contributed by atoms with E-state index in [0.717, 1.165) is 23.5 Å². The van der Waals surface area contributed by atoms with E-state index >= 15 is 0 Å². The summed E-state index contributed by atoms with van der Waals surface area (Å²) in [6, 6.07) is 19.5. The van der Waals surface area contributed by atoms with E-state index in [9.17, 15) is 0 Å². The van der Waals surface area contributed by atoms with Gasteiger partial charge in [-0.1, -0.05) is 29.8 Å². The van der Waals surface area contributed by atoms with Crippen LogP contribution in [0.4, 0.5) is 0 Å². The van der Waals surface area contributed by atoms with Crippen LogP contribution in [-0.2, 0) is 9.47 Å². The van der Waals surface area contributed by atoms with E-state index in [1.807, 2.05) is 60.7 Å². The first kappa shape index (κ1) is 19.5. The minimum atomic E-state index is -0.185. The average molecular weight is 450 g/mol. The van der Waals surface area contributed by atoms with Gasteiger partial charge in [0.1, 0.15) is 17.6 Å². The number of nitrogens with zero attached hydrogens (tertiary/aromatic N) is 2. The fraction of sp³-hybridized carbons (Fsp3) is 0.250. The second-order valence-electron chi connectivity index (χ2n) is 7.82. The van der Waals surface area contributed by atoms with Crippen molar-refractivity contribution in [2.45, 2.75) is 24.7 Å². The van der Waals surface area contributed by atoms with E-state index in [-0.39, 0.29) is 18.3 Å². The molecule has 0 amide bonds. The highest BCUT2D eigenvalue weighted by Gasteiger charge is 2.43. The van der Waals surface area contributed by atoms with Crippen molar-refractivity contribution in [3.05, 3.63) is 65.7 Å². The Morgan fingerprint density at radius 3 is 2.62 bits per heavy atom. The standard InChI is InChI=1S/C24H20ClN3O4/c25-17-12-18-23(28-24(26-18)32-20-13-30-19-10-11-29-22(19)20)27-21(17)14-6-8-16(9-7-14)31-15-4-2-1-3-5-15/h1-9,12,19-20,22H,10-11,13H2,(H,26,27,28)/t19-,20?,22+/m1/s1. The van der Waals surface area contributed by atoms with Crippen LogP contribution >= 0.6 is 11.6 Å². The van der Waals surface area contributed by atoms with Gasteiger partial charge in [0, 0.05) is 12.2 Å². The van der Waals surface area contributed by atoms with E-state index < -0.39 is 0 Å². The smallest absolute Gasteiger partial charge is 0.296 e. The number of fused-ring (bicyclic) bond motifs is 2. The van der Waals surface area contributed by atoms with Crippen molar-refractivity contribution < 1.29 is 18.9 Å². The summed E-state index contributed by atoms with van der Waals surface area (Å²) in [6.07, 6.45) is 0.778. The van der Waals surface area contributed by atoms with Gasteiger partial charge in [0.25, 0.3) is 6.01 Å². The molecule has 0 aliphatic carbocycles. The lowest BCUT2D eigenvalue weighted by Crippen LogP contribution is -2.32. The lowest BCUT2D eigenvalue weighted by Gasteiger charge is -2.15. The van der Waals surface area contributed by atoms with Gasteiger partial charge in [-0.25, -0.2) is 4.98 Å². The Morgan fingerprint density at radius 2 is 1.78 bits per heavy atom. The van der Waals surface area contributed by atoms with Gasteiger partial charge < -0.3 is 23.9 Å². The number of hydrogen-bond donors (Lipinski definition) is 1. The summed E-state index contributed by atoms with van der Waals surface area (Å²) in [5.41, 5.74) is 2.76. The molecule has 32 heavy (non-hydrogen) atoms. The minimum Gasteiger partial charge on any atom is -0.457 e. The Hall–Kier alpha value is -3.13. The van der Waals surface area contributed by atoms with Crippen LogP contribution in [0.2, 0.25) is 5.02 Å². The molecule has 0 bridgehead atoms. The number of imidazole rings is 1. The quantitative estimate of drug-likeness (QED) is 0.461. The van der Waals surface area contributed by atoms with Crippen LogP contribution < -0.4 is 9.47 Å². The van der Waals surface area contributed by atoms with Crippen LogP contribution in [-0.4, -0.2) is 46.5 Å². The largest absolute Gasteiger partial charge is 0.457 e. The summed E-state index contributed by atoms with van der Waals surface area (Å²) in [5.74, 6) is 1.52. The first-order valence-corrected chi connectivity index (χ1v) is 10.9. The molecule has 0 radical (unpaired) electrons. The van der Waals surface area contributed by atoms with E-state index in [4.69, 9.17) is 30.5 Å². The molecule has 1 N–H and O–H groups in total. The molecule has 2 fully saturated rings. The molecule has 3 atom stereocenters. The number of H-pyrrole nitrogens is 1. The van der Waals surface area contributed by atoms with Gasteiger partial charge in [0.15, 0.2) is 11.8 Å². The highest BCUT2D eigenvalue weighted by atomic mass is 35.5. The average Bonchev–Trinajstić information content (AvgIpc) is 3.52. The van der Waals surface area contributed by atoms with E-state index in [1.165, 1.54) is 0 Å². The number of aromatic amines is 1. The Bertz CT molecular complexity index is 1250. The molecule has 7 nitrogen and oxygen atoms in total. The fourth-order valence-electron chi connectivity index (χ4n) is 4.13. The third-order valence-corrected chi connectivity index (χ3v) is 5.98. The molecule has 0 saturated carbocycles. The zero-order valence-corrected chi connectivity index (χ0v) is 17.8. The zero-order valence-electron chi connectivity index (χ0n) is 17.0. The molecule has 8 heteroatoms. The highest BCUT2D eigenvalue weighted by Crippen LogP contribution is 2.33. The number of ether oxygens (including phenoxy) is 4. The molecule has 2 aromatic carbocycles. The van der Waals surface area contributed by atoms with Crippen molar-refractivity contribution in [3.8, 4) is 28.8 Å². The van der Waals surface area contributed by atoms with Crippen molar-refractivity contribution >= 4 is 22.8 Å². The van der Waals surface area contributed by atoms with Crippen molar-refractivity contribution in [2.24, 2.45) is 0 Å². The highest BCUT2D eigenvalue weighted by molar-refractivity contribution is 6.33. The molecule has 0 spiro atoms. The van der Waals surface area contributed by atoms with Crippen LogP contribution in [0.15, 0.2) is 60.7 Å². The zero-order chi connectivity index (χ0) is 21.5. The first-order valence-electron chi connectivity index (χ1n) is 10.5. The summed E-state index contributed by atoms with van der Waals surface area (Å²) in [4.78, 5) is 12.3. The Morgan fingerprint density at radius 1 is 0.969 bits per heavy atom. The maximum atomic E-state index is 6.54. The van der Waals surface area contributed by atoms with E-state index in [1.54, 1.807) is 0 Å². The number of aromatic nitrogens is 3. The third-order valence-electron chi connectivity index (χ3n) is 5.69. The molecule has 6 rings (SSSR count). The van der Waals surface area contributed by atoms with Crippen molar-refractivity contribution in [2.75, 3.05) is 13.2 Å². The minimum absolute atomic E-state index is 0.0491. The van der Waals surface area contributed by atoms with Gasteiger partial charge in [-0.3, -0.25) is 0 Å². The van der Waals surface area contributed by atoms with Crippen LogP contribution in [0, 0.1) is 0 Å². The van der Waals surface area contributed by atoms with Crippen LogP contribution in [0.1, 0.15) is 6.42 Å². The number of halogens is 1. The SMILES string of the molecule is Clc1cc2[nH]c(OC3CO[C@@H]4CCO[C@H]34)nc2nc1-c1ccc(Oc2ccccc2)cc1. The topological polar surface area (TPSA) is 78.5 Å². The fourth-order valence-corrected chi connectivity index (χ4v) is 4.39. The summed E-state index contributed by atoms with van der Waals surface area (Å²) in [7, 11) is 0. The van der Waals surface area contributed by atoms with Gasteiger partial charge in [0.05, 0.1) is 28.9 Å². The molecule has 1 unspecified atom stereocenters. The third kappa shape index (κ3) is 3.68. The van der Waals surface area contributed by atoms with Gasteiger partial charge in [-0.2, -0.15) is 4.98 Å². The molecular weight excluding hydrogens is 430 g/mol. The normalized spacial score (nSPS) is 22.2. The van der Waals surface area contributed by atoms with Crippen LogP contribution in [0.3, 0.4) is 0 Å². The second kappa shape index (κ2) is 8.09. The van der Waals surface area contributed by atoms with E-state index in [2.05, 4.69) is 15.0 Å². The second-order valence-corrected chi connectivity index (χ2v) is 8.23. The molecule has 4 heterocycles. The number of rotatable bonds is 5. The lowest BCUT2D eigenvalue weighted by atomic mass is 10.1. The molecule has 2 aliphatic rings. The maximum Gasteiger partial charge on any atom is 0.296 e. The molecule has 4 aromatic rings. The molecular formula is C24H20ClN3O4. The predicted molar refractivity (Wildman–Crippen MR) is 119 cm³/mol. The number of benzene rings is 2. The Balaban J connectivity index is 1.23. The first-order chi connectivity index (χ1) is 15.7.